The van der Waals surface area contributed by atoms with Gasteiger partial charge in [-0.3, -0.25) is 13.9 Å². The Labute approximate surface area is 254 Å². The number of rotatable bonds is 10. The number of amides is 2. The number of aryl methyl sites for hydroxylation is 1. The number of carbonyl (C=O) groups is 2. The molecule has 0 saturated heterocycles. The third-order valence-corrected chi connectivity index (χ3v) is 9.61. The van der Waals surface area contributed by atoms with Crippen LogP contribution in [0.25, 0.3) is 0 Å². The molecule has 1 aliphatic carbocycles. The summed E-state index contributed by atoms with van der Waals surface area (Å²) in [4.78, 5) is 28.3. The molecular weight excluding hydrogens is 603 g/mol. The van der Waals surface area contributed by atoms with E-state index in [1.807, 2.05) is 0 Å². The number of benzene rings is 3. The molecule has 0 spiro atoms. The Hall–Kier alpha value is -3.57. The number of alkyl halides is 3. The van der Waals surface area contributed by atoms with Crippen LogP contribution in [0, 0.1) is 6.92 Å². The third-order valence-electron chi connectivity index (χ3n) is 7.50. The second-order valence-corrected chi connectivity index (χ2v) is 12.9. The lowest BCUT2D eigenvalue weighted by molar-refractivity contribution is -0.139. The Bertz CT molecular complexity index is 1540. The van der Waals surface area contributed by atoms with E-state index in [0.717, 1.165) is 43.4 Å². The first-order valence-electron chi connectivity index (χ1n) is 13.9. The fourth-order valence-electron chi connectivity index (χ4n) is 5.01. The van der Waals surface area contributed by atoms with Crippen LogP contribution in [0.3, 0.4) is 0 Å². The SMILES string of the molecule is Cc1ccc(S(=O)(=O)N(CC(=O)N(Cc2ccccc2)[C@@H](C)C(=O)NC2CCCC2)c2ccc(Cl)c(C(F)(F)F)c2)cc1. The van der Waals surface area contributed by atoms with Gasteiger partial charge >= 0.3 is 6.18 Å². The molecule has 1 saturated carbocycles. The zero-order valence-electron chi connectivity index (χ0n) is 23.8. The maximum absolute atomic E-state index is 14.0. The molecule has 2 amide bonds. The van der Waals surface area contributed by atoms with E-state index in [0.29, 0.717) is 15.9 Å². The topological polar surface area (TPSA) is 86.8 Å². The largest absolute Gasteiger partial charge is 0.417 e. The van der Waals surface area contributed by atoms with Crippen LogP contribution in [0.4, 0.5) is 18.9 Å². The Kier molecular flexibility index (Phi) is 10.1. The van der Waals surface area contributed by atoms with Crippen molar-refractivity contribution >= 4 is 39.1 Å². The molecule has 1 aliphatic rings. The second-order valence-electron chi connectivity index (χ2n) is 10.7. The molecule has 3 aromatic carbocycles. The molecule has 1 fully saturated rings. The number of nitrogens with zero attached hydrogens (tertiary/aromatic N) is 2. The first kappa shape index (κ1) is 32.3. The lowest BCUT2D eigenvalue weighted by atomic mass is 10.1. The van der Waals surface area contributed by atoms with Crippen molar-refractivity contribution in [2.45, 2.75) is 69.2 Å². The molecule has 0 bridgehead atoms. The number of sulfonamides is 1. The lowest BCUT2D eigenvalue weighted by Crippen LogP contribution is -2.52. The summed E-state index contributed by atoms with van der Waals surface area (Å²) in [5, 5.41) is 2.36. The zero-order chi connectivity index (χ0) is 31.4. The van der Waals surface area contributed by atoms with Crippen molar-refractivity contribution < 1.29 is 31.2 Å². The van der Waals surface area contributed by atoms with Crippen molar-refractivity contribution in [3.63, 3.8) is 0 Å². The van der Waals surface area contributed by atoms with Crippen molar-refractivity contribution in [1.29, 1.82) is 0 Å². The molecule has 0 heterocycles. The predicted octanol–water partition coefficient (Wildman–Crippen LogP) is 6.34. The summed E-state index contributed by atoms with van der Waals surface area (Å²) in [5.74, 6) is -1.16. The van der Waals surface area contributed by atoms with E-state index in [4.69, 9.17) is 11.6 Å². The minimum absolute atomic E-state index is 0.0168. The van der Waals surface area contributed by atoms with E-state index >= 15 is 0 Å². The van der Waals surface area contributed by atoms with Crippen LogP contribution in [0.15, 0.2) is 77.7 Å². The van der Waals surface area contributed by atoms with Crippen molar-refractivity contribution in [3.05, 3.63) is 94.5 Å². The Morgan fingerprint density at radius 2 is 1.63 bits per heavy atom. The van der Waals surface area contributed by atoms with Crippen molar-refractivity contribution in [2.24, 2.45) is 0 Å². The van der Waals surface area contributed by atoms with Crippen molar-refractivity contribution in [2.75, 3.05) is 10.8 Å². The molecule has 0 radical (unpaired) electrons. The van der Waals surface area contributed by atoms with Crippen molar-refractivity contribution in [3.8, 4) is 0 Å². The third kappa shape index (κ3) is 7.88. The highest BCUT2D eigenvalue weighted by atomic mass is 35.5. The zero-order valence-corrected chi connectivity index (χ0v) is 25.3. The molecule has 1 N–H and O–H groups in total. The van der Waals surface area contributed by atoms with Gasteiger partial charge in [-0.1, -0.05) is 72.5 Å². The molecule has 0 unspecified atom stereocenters. The summed E-state index contributed by atoms with van der Waals surface area (Å²) >= 11 is 5.82. The molecule has 230 valence electrons. The fraction of sp³-hybridized carbons (Fsp3) is 0.355. The highest BCUT2D eigenvalue weighted by Gasteiger charge is 2.37. The van der Waals surface area contributed by atoms with E-state index in [1.165, 1.54) is 17.0 Å². The molecule has 0 aromatic heterocycles. The molecule has 1 atom stereocenters. The van der Waals surface area contributed by atoms with Gasteiger partial charge in [0, 0.05) is 12.6 Å². The molecular formula is C31H33ClF3N3O4S. The van der Waals surface area contributed by atoms with Gasteiger partial charge < -0.3 is 10.2 Å². The van der Waals surface area contributed by atoms with E-state index in [9.17, 15) is 31.2 Å². The van der Waals surface area contributed by atoms with Crippen molar-refractivity contribution in [1.82, 2.24) is 10.2 Å². The Balaban J connectivity index is 1.74. The van der Waals surface area contributed by atoms with Crippen LogP contribution in [0.5, 0.6) is 0 Å². The summed E-state index contributed by atoms with van der Waals surface area (Å²) < 4.78 is 69.8. The van der Waals surface area contributed by atoms with Gasteiger partial charge in [-0.25, -0.2) is 8.42 Å². The minimum atomic E-state index is -4.87. The minimum Gasteiger partial charge on any atom is -0.352 e. The van der Waals surface area contributed by atoms with Gasteiger partial charge in [0.2, 0.25) is 11.8 Å². The van der Waals surface area contributed by atoms with Gasteiger partial charge in [0.05, 0.1) is 21.2 Å². The van der Waals surface area contributed by atoms with Crippen LogP contribution in [0.2, 0.25) is 5.02 Å². The van der Waals surface area contributed by atoms with Gasteiger partial charge in [-0.2, -0.15) is 13.2 Å². The van der Waals surface area contributed by atoms with E-state index in [1.54, 1.807) is 56.3 Å². The highest BCUT2D eigenvalue weighted by Crippen LogP contribution is 2.38. The van der Waals surface area contributed by atoms with Gasteiger partial charge in [-0.05, 0) is 62.6 Å². The average molecular weight is 636 g/mol. The smallest absolute Gasteiger partial charge is 0.352 e. The van der Waals surface area contributed by atoms with Crippen LogP contribution in [-0.2, 0) is 32.3 Å². The molecule has 7 nitrogen and oxygen atoms in total. The Morgan fingerprint density at radius 1 is 1.00 bits per heavy atom. The van der Waals surface area contributed by atoms with E-state index in [2.05, 4.69) is 5.32 Å². The van der Waals surface area contributed by atoms with Gasteiger partial charge in [0.25, 0.3) is 10.0 Å². The average Bonchev–Trinajstić information content (AvgIpc) is 3.47. The molecule has 12 heteroatoms. The maximum Gasteiger partial charge on any atom is 0.417 e. The number of hydrogen-bond donors (Lipinski definition) is 1. The van der Waals surface area contributed by atoms with Gasteiger partial charge in [0.1, 0.15) is 12.6 Å². The van der Waals surface area contributed by atoms with Crippen LogP contribution in [0.1, 0.15) is 49.3 Å². The van der Waals surface area contributed by atoms with Crippen LogP contribution >= 0.6 is 11.6 Å². The van der Waals surface area contributed by atoms with Crippen LogP contribution < -0.4 is 9.62 Å². The summed E-state index contributed by atoms with van der Waals surface area (Å²) in [6.07, 6.45) is -1.25. The number of carbonyl (C=O) groups excluding carboxylic acids is 2. The standard InChI is InChI=1S/C31H33ClF3N3O4S/c1-21-12-15-26(16-13-21)43(41,42)38(25-14-17-28(32)27(18-25)31(33,34)35)20-29(39)37(19-23-8-4-3-5-9-23)22(2)30(40)36-24-10-6-7-11-24/h3-5,8-9,12-18,22,24H,6-7,10-11,19-20H2,1-2H3,(H,36,40)/t22-/m0/s1. The number of halogens is 4. The van der Waals surface area contributed by atoms with Gasteiger partial charge in [-0.15, -0.1) is 0 Å². The quantitative estimate of drug-likeness (QED) is 0.282. The summed E-state index contributed by atoms with van der Waals surface area (Å²) in [6.45, 7) is 2.43. The molecule has 4 rings (SSSR count). The first-order valence-corrected chi connectivity index (χ1v) is 15.7. The summed E-state index contributed by atoms with van der Waals surface area (Å²) in [5.41, 5.74) is -0.180. The molecule has 0 aliphatic heterocycles. The highest BCUT2D eigenvalue weighted by molar-refractivity contribution is 7.92. The lowest BCUT2D eigenvalue weighted by Gasteiger charge is -2.32. The number of hydrogen-bond acceptors (Lipinski definition) is 4. The second kappa shape index (κ2) is 13.4. The van der Waals surface area contributed by atoms with E-state index in [-0.39, 0.29) is 17.5 Å². The summed E-state index contributed by atoms with van der Waals surface area (Å²) in [7, 11) is -4.54. The number of anilines is 1. The first-order chi connectivity index (χ1) is 20.3. The monoisotopic (exact) mass is 635 g/mol. The normalized spacial score (nSPS) is 14.7. The molecule has 3 aromatic rings. The Morgan fingerprint density at radius 3 is 2.23 bits per heavy atom. The fourth-order valence-corrected chi connectivity index (χ4v) is 6.64. The predicted molar refractivity (Wildman–Crippen MR) is 159 cm³/mol. The van der Waals surface area contributed by atoms with Crippen LogP contribution in [-0.4, -0.2) is 43.8 Å². The summed E-state index contributed by atoms with van der Waals surface area (Å²) in [6, 6.07) is 16.3. The maximum atomic E-state index is 14.0. The molecule has 43 heavy (non-hydrogen) atoms. The number of nitrogens with one attached hydrogen (secondary N) is 1. The van der Waals surface area contributed by atoms with E-state index < -0.39 is 56.9 Å². The van der Waals surface area contributed by atoms with Gasteiger partial charge in [0.15, 0.2) is 0 Å².